The minimum Gasteiger partial charge on any atom is -0.493 e. The van der Waals surface area contributed by atoms with Crippen LogP contribution in [0.2, 0.25) is 0 Å². The monoisotopic (exact) mass is 597 g/mol. The highest BCUT2D eigenvalue weighted by Crippen LogP contribution is 2.34. The largest absolute Gasteiger partial charge is 0.493 e. The van der Waals surface area contributed by atoms with E-state index in [1.165, 1.54) is 4.68 Å². The van der Waals surface area contributed by atoms with E-state index in [4.69, 9.17) is 14.5 Å². The third-order valence-electron chi connectivity index (χ3n) is 4.41. The molecule has 0 saturated heterocycles. The van der Waals surface area contributed by atoms with Crippen LogP contribution in [0.15, 0.2) is 44.7 Å². The summed E-state index contributed by atoms with van der Waals surface area (Å²) in [6.07, 6.45) is 1.67. The lowest BCUT2D eigenvalue weighted by Gasteiger charge is -2.21. The Morgan fingerprint density at radius 3 is 2.55 bits per heavy atom. The molecule has 0 amide bonds. The molecule has 1 heterocycles. The number of fused-ring (bicyclic) bond motifs is 1. The number of methoxy groups -OCH3 is 1. The van der Waals surface area contributed by atoms with E-state index < -0.39 is 0 Å². The molecule has 2 aromatic carbocycles. The quantitative estimate of drug-likeness (QED) is 0.278. The Kier molecular flexibility index (Phi) is 7.10. The Balaban J connectivity index is 2.16. The minimum atomic E-state index is -0.376. The van der Waals surface area contributed by atoms with Crippen LogP contribution >= 0.6 is 38.5 Å². The number of ether oxygens (including phenoxy) is 2. The molecule has 0 spiro atoms. The summed E-state index contributed by atoms with van der Waals surface area (Å²) in [7, 11) is 1.60. The zero-order valence-electron chi connectivity index (χ0n) is 18.4. The maximum atomic E-state index is 13.3. The van der Waals surface area contributed by atoms with Gasteiger partial charge in [-0.15, -0.1) is 0 Å². The van der Waals surface area contributed by atoms with Crippen LogP contribution in [0.5, 0.6) is 11.5 Å². The van der Waals surface area contributed by atoms with Gasteiger partial charge in [0.2, 0.25) is 0 Å². The van der Waals surface area contributed by atoms with Gasteiger partial charge in [-0.3, -0.25) is 4.79 Å². The van der Waals surface area contributed by atoms with Crippen molar-refractivity contribution in [2.24, 2.45) is 5.10 Å². The summed E-state index contributed by atoms with van der Waals surface area (Å²) in [5.41, 5.74) is 0.849. The van der Waals surface area contributed by atoms with Crippen LogP contribution in [0.4, 0.5) is 0 Å². The zero-order valence-corrected chi connectivity index (χ0v) is 22.1. The van der Waals surface area contributed by atoms with Crippen LogP contribution in [0.1, 0.15) is 46.0 Å². The van der Waals surface area contributed by atoms with Crippen molar-refractivity contribution < 1.29 is 9.47 Å². The first-order chi connectivity index (χ1) is 14.5. The molecular formula is C23H25BrIN3O3. The fraction of sp³-hybridized carbons (Fsp3) is 0.348. The molecule has 0 radical (unpaired) electrons. The number of halogens is 2. The van der Waals surface area contributed by atoms with Crippen LogP contribution in [0.25, 0.3) is 10.9 Å². The van der Waals surface area contributed by atoms with Gasteiger partial charge in [-0.25, -0.2) is 4.98 Å². The normalized spacial score (nSPS) is 12.2. The van der Waals surface area contributed by atoms with E-state index in [1.807, 2.05) is 58.9 Å². The smallest absolute Gasteiger partial charge is 0.282 e. The Hall–Kier alpha value is -1.94. The number of nitrogens with zero attached hydrogens (tertiary/aromatic N) is 3. The molecule has 0 bridgehead atoms. The van der Waals surface area contributed by atoms with Crippen molar-refractivity contribution in [3.63, 3.8) is 0 Å². The first-order valence-electron chi connectivity index (χ1n) is 9.82. The lowest BCUT2D eigenvalue weighted by molar-refractivity contribution is 0.228. The molecule has 0 saturated carbocycles. The number of aromatic nitrogens is 2. The summed E-state index contributed by atoms with van der Waals surface area (Å²) in [6.45, 7) is 9.97. The van der Waals surface area contributed by atoms with Gasteiger partial charge in [-0.1, -0.05) is 36.7 Å². The highest BCUT2D eigenvalue weighted by molar-refractivity contribution is 14.1. The summed E-state index contributed by atoms with van der Waals surface area (Å²) in [5.74, 6) is 1.90. The average molecular weight is 598 g/mol. The van der Waals surface area contributed by atoms with Crippen molar-refractivity contribution in [3.8, 4) is 11.5 Å². The summed E-state index contributed by atoms with van der Waals surface area (Å²) in [6, 6.07) is 9.27. The van der Waals surface area contributed by atoms with Crippen molar-refractivity contribution in [1.82, 2.24) is 9.66 Å². The maximum Gasteiger partial charge on any atom is 0.282 e. The Morgan fingerprint density at radius 1 is 1.23 bits per heavy atom. The van der Waals surface area contributed by atoms with Gasteiger partial charge in [0, 0.05) is 9.89 Å². The fourth-order valence-corrected chi connectivity index (χ4v) is 4.14. The molecule has 0 aliphatic carbocycles. The molecule has 0 aliphatic rings. The number of benzene rings is 2. The molecular weight excluding hydrogens is 573 g/mol. The van der Waals surface area contributed by atoms with E-state index in [0.717, 1.165) is 13.6 Å². The molecule has 6 nitrogen and oxygen atoms in total. The standard InChI is InChI=1S/C23H25BrIN3O3/c1-13(2)31-20-17(25)9-14(10-19(20)30-6)12-26-28-21(29)16-11-15(24)7-8-18(16)27-22(28)23(3,4)5/h7-13H,1-6H3. The molecule has 0 atom stereocenters. The van der Waals surface area contributed by atoms with E-state index in [2.05, 4.69) is 43.6 Å². The van der Waals surface area contributed by atoms with Crippen molar-refractivity contribution in [1.29, 1.82) is 0 Å². The van der Waals surface area contributed by atoms with Crippen LogP contribution in [0.3, 0.4) is 0 Å². The maximum absolute atomic E-state index is 13.3. The highest BCUT2D eigenvalue weighted by atomic mass is 127. The van der Waals surface area contributed by atoms with Gasteiger partial charge in [0.1, 0.15) is 5.82 Å². The zero-order chi connectivity index (χ0) is 22.9. The van der Waals surface area contributed by atoms with Crippen molar-refractivity contribution in [2.45, 2.75) is 46.1 Å². The Labute approximate surface area is 203 Å². The second-order valence-electron chi connectivity index (χ2n) is 8.41. The summed E-state index contributed by atoms with van der Waals surface area (Å²) in [4.78, 5) is 18.0. The van der Waals surface area contributed by atoms with Crippen LogP contribution in [-0.2, 0) is 5.41 Å². The first-order valence-corrected chi connectivity index (χ1v) is 11.7. The van der Waals surface area contributed by atoms with Gasteiger partial charge >= 0.3 is 0 Å². The second kappa shape index (κ2) is 9.28. The third-order valence-corrected chi connectivity index (χ3v) is 5.70. The van der Waals surface area contributed by atoms with Crippen molar-refractivity contribution >= 4 is 55.6 Å². The number of hydrogen-bond donors (Lipinski definition) is 0. The predicted molar refractivity (Wildman–Crippen MR) is 137 cm³/mol. The molecule has 3 aromatic rings. The molecule has 3 rings (SSSR count). The van der Waals surface area contributed by atoms with Crippen molar-refractivity contribution in [3.05, 3.63) is 60.1 Å². The average Bonchev–Trinajstić information content (AvgIpc) is 2.68. The Morgan fingerprint density at radius 2 is 1.94 bits per heavy atom. The molecule has 0 fully saturated rings. The summed E-state index contributed by atoms with van der Waals surface area (Å²) in [5, 5.41) is 5.04. The molecule has 0 unspecified atom stereocenters. The topological polar surface area (TPSA) is 65.7 Å². The van der Waals surface area contributed by atoms with Gasteiger partial charge in [0.15, 0.2) is 11.5 Å². The Bertz CT molecular complexity index is 1210. The molecule has 31 heavy (non-hydrogen) atoms. The predicted octanol–water partition coefficient (Wildman–Crippen LogP) is 5.74. The van der Waals surface area contributed by atoms with E-state index in [-0.39, 0.29) is 17.1 Å². The lowest BCUT2D eigenvalue weighted by atomic mass is 9.95. The molecule has 0 N–H and O–H groups in total. The summed E-state index contributed by atoms with van der Waals surface area (Å²) < 4.78 is 14.5. The van der Waals surface area contributed by atoms with E-state index in [0.29, 0.717) is 28.2 Å². The minimum absolute atomic E-state index is 0.0258. The van der Waals surface area contributed by atoms with Gasteiger partial charge in [-0.2, -0.15) is 9.78 Å². The van der Waals surface area contributed by atoms with Gasteiger partial charge < -0.3 is 9.47 Å². The number of rotatable bonds is 5. The van der Waals surface area contributed by atoms with Crippen molar-refractivity contribution in [2.75, 3.05) is 7.11 Å². The second-order valence-corrected chi connectivity index (χ2v) is 10.5. The highest BCUT2D eigenvalue weighted by Gasteiger charge is 2.23. The third kappa shape index (κ3) is 5.28. The van der Waals surface area contributed by atoms with E-state index in [9.17, 15) is 4.79 Å². The SMILES string of the molecule is COc1cc(C=Nn2c(C(C)(C)C)nc3ccc(Br)cc3c2=O)cc(I)c1OC(C)C. The van der Waals surface area contributed by atoms with E-state index in [1.54, 1.807) is 19.4 Å². The van der Waals surface area contributed by atoms with Gasteiger partial charge in [-0.05, 0) is 72.3 Å². The van der Waals surface area contributed by atoms with Crippen LogP contribution in [0, 0.1) is 3.57 Å². The molecule has 164 valence electrons. The van der Waals surface area contributed by atoms with E-state index >= 15 is 0 Å². The molecule has 8 heteroatoms. The number of hydrogen-bond acceptors (Lipinski definition) is 5. The molecule has 1 aromatic heterocycles. The summed E-state index contributed by atoms with van der Waals surface area (Å²) >= 11 is 5.64. The first kappa shape index (κ1) is 23.7. The van der Waals surface area contributed by atoms with Crippen LogP contribution < -0.4 is 15.0 Å². The van der Waals surface area contributed by atoms with Gasteiger partial charge in [0.05, 0.1) is 33.9 Å². The van der Waals surface area contributed by atoms with Crippen LogP contribution in [-0.4, -0.2) is 29.1 Å². The molecule has 0 aliphatic heterocycles. The van der Waals surface area contributed by atoms with Gasteiger partial charge in [0.25, 0.3) is 5.56 Å². The lowest BCUT2D eigenvalue weighted by Crippen LogP contribution is -2.29. The fourth-order valence-electron chi connectivity index (χ4n) is 3.03.